The van der Waals surface area contributed by atoms with Crippen LogP contribution < -0.4 is 5.32 Å². The summed E-state index contributed by atoms with van der Waals surface area (Å²) in [5.41, 5.74) is 4.67. The van der Waals surface area contributed by atoms with Gasteiger partial charge in [-0.2, -0.15) is 0 Å². The van der Waals surface area contributed by atoms with Crippen molar-refractivity contribution in [2.24, 2.45) is 0 Å². The summed E-state index contributed by atoms with van der Waals surface area (Å²) in [5, 5.41) is 3.40. The third kappa shape index (κ3) is 3.54. The largest absolute Gasteiger partial charge is 0.379 e. The molecule has 0 amide bonds. The molecule has 1 saturated heterocycles. The Morgan fingerprint density at radius 2 is 2.10 bits per heavy atom. The number of fused-ring (bicyclic) bond motifs is 1. The molecule has 5 nitrogen and oxygen atoms in total. The Bertz CT molecular complexity index is 602. The summed E-state index contributed by atoms with van der Waals surface area (Å²) >= 11 is 0. The molecular formula is C16H24N4O. The third-order valence-electron chi connectivity index (χ3n) is 3.97. The van der Waals surface area contributed by atoms with Crippen LogP contribution in [0.2, 0.25) is 0 Å². The lowest BCUT2D eigenvalue weighted by Crippen LogP contribution is -2.37. The van der Waals surface area contributed by atoms with E-state index < -0.39 is 0 Å². The summed E-state index contributed by atoms with van der Waals surface area (Å²) in [7, 11) is 0. The number of nitrogens with one attached hydrogen (secondary N) is 2. The fourth-order valence-corrected chi connectivity index (χ4v) is 2.89. The maximum absolute atomic E-state index is 5.36. The van der Waals surface area contributed by atoms with Crippen LogP contribution in [0.3, 0.4) is 0 Å². The molecule has 1 aliphatic rings. The van der Waals surface area contributed by atoms with Crippen molar-refractivity contribution in [3.8, 4) is 0 Å². The molecule has 0 radical (unpaired) electrons. The first-order valence-corrected chi connectivity index (χ1v) is 7.73. The van der Waals surface area contributed by atoms with Gasteiger partial charge in [-0.05, 0) is 44.0 Å². The van der Waals surface area contributed by atoms with E-state index in [-0.39, 0.29) is 0 Å². The van der Waals surface area contributed by atoms with Crippen molar-refractivity contribution in [1.29, 1.82) is 0 Å². The third-order valence-corrected chi connectivity index (χ3v) is 3.97. The molecule has 114 valence electrons. The van der Waals surface area contributed by atoms with E-state index in [1.165, 1.54) is 11.1 Å². The summed E-state index contributed by atoms with van der Waals surface area (Å²) in [6.07, 6.45) is 1.12. The average Bonchev–Trinajstić information content (AvgIpc) is 2.88. The van der Waals surface area contributed by atoms with Crippen LogP contribution in [-0.2, 0) is 4.74 Å². The van der Waals surface area contributed by atoms with Crippen molar-refractivity contribution < 1.29 is 4.74 Å². The smallest absolute Gasteiger partial charge is 0.201 e. The van der Waals surface area contributed by atoms with Crippen LogP contribution in [0.5, 0.6) is 0 Å². The Morgan fingerprint density at radius 3 is 2.90 bits per heavy atom. The molecule has 0 spiro atoms. The summed E-state index contributed by atoms with van der Waals surface area (Å²) < 4.78 is 5.36. The predicted molar refractivity (Wildman–Crippen MR) is 85.9 cm³/mol. The van der Waals surface area contributed by atoms with Gasteiger partial charge in [0.15, 0.2) is 0 Å². The number of ether oxygens (including phenoxy) is 1. The van der Waals surface area contributed by atoms with Gasteiger partial charge in [0.05, 0.1) is 24.2 Å². The number of morpholine rings is 1. The van der Waals surface area contributed by atoms with E-state index in [1.54, 1.807) is 0 Å². The number of aromatic nitrogens is 2. The van der Waals surface area contributed by atoms with E-state index in [0.717, 1.165) is 62.8 Å². The number of nitrogens with zero attached hydrogens (tertiary/aromatic N) is 2. The fraction of sp³-hybridized carbons (Fsp3) is 0.562. The van der Waals surface area contributed by atoms with Gasteiger partial charge in [0, 0.05) is 19.6 Å². The first-order chi connectivity index (χ1) is 10.2. The number of hydrogen-bond acceptors (Lipinski definition) is 4. The summed E-state index contributed by atoms with van der Waals surface area (Å²) in [4.78, 5) is 10.5. The second-order valence-electron chi connectivity index (χ2n) is 5.80. The summed E-state index contributed by atoms with van der Waals surface area (Å²) in [6, 6.07) is 4.32. The van der Waals surface area contributed by atoms with Crippen molar-refractivity contribution in [2.45, 2.75) is 20.3 Å². The normalized spacial score (nSPS) is 16.5. The Labute approximate surface area is 125 Å². The van der Waals surface area contributed by atoms with Gasteiger partial charge in [0.1, 0.15) is 0 Å². The molecule has 1 aliphatic heterocycles. The van der Waals surface area contributed by atoms with Crippen LogP contribution in [-0.4, -0.2) is 54.3 Å². The lowest BCUT2D eigenvalue weighted by Gasteiger charge is -2.26. The molecule has 0 unspecified atom stereocenters. The lowest BCUT2D eigenvalue weighted by atomic mass is 10.1. The van der Waals surface area contributed by atoms with Crippen LogP contribution in [0.4, 0.5) is 5.95 Å². The number of aryl methyl sites for hydroxylation is 2. The van der Waals surface area contributed by atoms with Crippen LogP contribution in [0.1, 0.15) is 17.5 Å². The zero-order valence-electron chi connectivity index (χ0n) is 12.9. The second kappa shape index (κ2) is 6.45. The molecule has 0 atom stereocenters. The van der Waals surface area contributed by atoms with Gasteiger partial charge in [0.25, 0.3) is 0 Å². The number of anilines is 1. The number of hydrogen-bond donors (Lipinski definition) is 2. The van der Waals surface area contributed by atoms with Gasteiger partial charge in [-0.15, -0.1) is 0 Å². The van der Waals surface area contributed by atoms with E-state index in [9.17, 15) is 0 Å². The molecule has 1 fully saturated rings. The van der Waals surface area contributed by atoms with Crippen LogP contribution >= 0.6 is 0 Å². The maximum atomic E-state index is 5.36. The lowest BCUT2D eigenvalue weighted by molar-refractivity contribution is 0.0378. The first kappa shape index (κ1) is 14.4. The standard InChI is InChI=1S/C16H24N4O/c1-12-10-13(2)15-14(11-12)18-16(19-15)17-4-3-5-20-6-8-21-9-7-20/h10-11H,3-9H2,1-2H3,(H2,17,18,19). The molecule has 2 heterocycles. The van der Waals surface area contributed by atoms with Crippen LogP contribution in [0, 0.1) is 13.8 Å². The Balaban J connectivity index is 1.52. The molecule has 1 aromatic heterocycles. The minimum Gasteiger partial charge on any atom is -0.379 e. The van der Waals surface area contributed by atoms with Gasteiger partial charge >= 0.3 is 0 Å². The molecule has 0 saturated carbocycles. The average molecular weight is 288 g/mol. The molecule has 0 bridgehead atoms. The monoisotopic (exact) mass is 288 g/mol. The quantitative estimate of drug-likeness (QED) is 0.829. The van der Waals surface area contributed by atoms with Crippen LogP contribution in [0.25, 0.3) is 11.0 Å². The van der Waals surface area contributed by atoms with E-state index in [0.29, 0.717) is 0 Å². The molecule has 5 heteroatoms. The second-order valence-corrected chi connectivity index (χ2v) is 5.80. The summed E-state index contributed by atoms with van der Waals surface area (Å²) in [6.45, 7) is 10.1. The van der Waals surface area contributed by atoms with E-state index >= 15 is 0 Å². The van der Waals surface area contributed by atoms with Gasteiger partial charge in [-0.1, -0.05) is 6.07 Å². The Morgan fingerprint density at radius 1 is 1.29 bits per heavy atom. The topological polar surface area (TPSA) is 53.2 Å². The minimum atomic E-state index is 0.871. The molecule has 2 aromatic rings. The van der Waals surface area contributed by atoms with Gasteiger partial charge in [-0.25, -0.2) is 4.98 Å². The SMILES string of the molecule is Cc1cc(C)c2nc(NCCCN3CCOCC3)[nH]c2c1. The van der Waals surface area contributed by atoms with E-state index in [2.05, 4.69) is 46.2 Å². The van der Waals surface area contributed by atoms with Crippen LogP contribution in [0.15, 0.2) is 12.1 Å². The number of aromatic amines is 1. The van der Waals surface area contributed by atoms with Gasteiger partial charge in [0.2, 0.25) is 5.95 Å². The minimum absolute atomic E-state index is 0.871. The zero-order chi connectivity index (χ0) is 14.7. The highest BCUT2D eigenvalue weighted by Gasteiger charge is 2.09. The zero-order valence-corrected chi connectivity index (χ0v) is 12.9. The maximum Gasteiger partial charge on any atom is 0.201 e. The summed E-state index contributed by atoms with van der Waals surface area (Å²) in [5.74, 6) is 0.876. The van der Waals surface area contributed by atoms with E-state index in [4.69, 9.17) is 4.74 Å². The van der Waals surface area contributed by atoms with E-state index in [1.807, 2.05) is 0 Å². The Hall–Kier alpha value is -1.59. The highest BCUT2D eigenvalue weighted by Crippen LogP contribution is 2.20. The molecular weight excluding hydrogens is 264 g/mol. The number of H-pyrrole nitrogens is 1. The number of benzene rings is 1. The highest BCUT2D eigenvalue weighted by molar-refractivity contribution is 5.81. The molecule has 3 rings (SSSR count). The number of rotatable bonds is 5. The van der Waals surface area contributed by atoms with Crippen molar-refractivity contribution in [3.63, 3.8) is 0 Å². The van der Waals surface area contributed by atoms with Crippen molar-refractivity contribution in [3.05, 3.63) is 23.3 Å². The van der Waals surface area contributed by atoms with Crippen molar-refractivity contribution >= 4 is 17.0 Å². The highest BCUT2D eigenvalue weighted by atomic mass is 16.5. The predicted octanol–water partition coefficient (Wildman–Crippen LogP) is 2.31. The first-order valence-electron chi connectivity index (χ1n) is 7.73. The Kier molecular flexibility index (Phi) is 4.41. The molecule has 1 aromatic carbocycles. The molecule has 2 N–H and O–H groups in total. The molecule has 21 heavy (non-hydrogen) atoms. The fourth-order valence-electron chi connectivity index (χ4n) is 2.89. The van der Waals surface area contributed by atoms with Crippen molar-refractivity contribution in [2.75, 3.05) is 44.7 Å². The van der Waals surface area contributed by atoms with Gasteiger partial charge < -0.3 is 15.0 Å². The van der Waals surface area contributed by atoms with Crippen molar-refractivity contribution in [1.82, 2.24) is 14.9 Å². The number of imidazole rings is 1. The molecule has 0 aliphatic carbocycles. The van der Waals surface area contributed by atoms with Gasteiger partial charge in [-0.3, -0.25) is 4.90 Å².